The van der Waals surface area contributed by atoms with Gasteiger partial charge in [0.15, 0.2) is 0 Å². The Morgan fingerprint density at radius 3 is 2.42 bits per heavy atom. The Morgan fingerprint density at radius 1 is 1.37 bits per heavy atom. The largest absolute Gasteiger partial charge is 0.409 e. The number of hydrogen-bond acceptors (Lipinski definition) is 4. The zero-order valence-electron chi connectivity index (χ0n) is 11.0. The first-order valence-electron chi connectivity index (χ1n) is 5.88. The normalized spacial score (nSPS) is 12.7. The topological polar surface area (TPSA) is 105 Å². The van der Waals surface area contributed by atoms with Gasteiger partial charge >= 0.3 is 0 Å². The Kier molecular flexibility index (Phi) is 5.17. The summed E-state index contributed by atoms with van der Waals surface area (Å²) in [6.45, 7) is 3.69. The van der Waals surface area contributed by atoms with Gasteiger partial charge in [-0.1, -0.05) is 31.1 Å². The van der Waals surface area contributed by atoms with Gasteiger partial charge in [0.25, 0.3) is 0 Å². The maximum absolute atomic E-state index is 11.7. The van der Waals surface area contributed by atoms with Crippen LogP contribution in [-0.2, 0) is 16.4 Å². The lowest BCUT2D eigenvalue weighted by Crippen LogP contribution is -2.20. The zero-order chi connectivity index (χ0) is 14.5. The second-order valence-electron chi connectivity index (χ2n) is 4.74. The molecule has 4 N–H and O–H groups in total. The molecule has 0 radical (unpaired) electrons. The summed E-state index contributed by atoms with van der Waals surface area (Å²) in [4.78, 5) is 0. The fraction of sp³-hybridized carbons (Fsp3) is 0.417. The number of sulfonamides is 1. The maximum atomic E-state index is 11.7. The van der Waals surface area contributed by atoms with Gasteiger partial charge in [0.05, 0.1) is 5.75 Å². The molecule has 7 heteroatoms. The number of rotatable bonds is 6. The number of benzene rings is 1. The van der Waals surface area contributed by atoms with Crippen molar-refractivity contribution >= 4 is 21.5 Å². The third kappa shape index (κ3) is 5.60. The van der Waals surface area contributed by atoms with Crippen LogP contribution < -0.4 is 10.5 Å². The van der Waals surface area contributed by atoms with Gasteiger partial charge in [-0.3, -0.25) is 4.72 Å². The Labute approximate surface area is 113 Å². The number of anilines is 1. The molecule has 0 atom stereocenters. The SMILES string of the molecule is CC(C)CS(=O)(=O)Nc1ccc(CC(N)=NO)cc1. The van der Waals surface area contributed by atoms with Crippen LogP contribution in [-0.4, -0.2) is 25.2 Å². The van der Waals surface area contributed by atoms with Crippen LogP contribution >= 0.6 is 0 Å². The molecule has 19 heavy (non-hydrogen) atoms. The molecule has 0 unspecified atom stereocenters. The van der Waals surface area contributed by atoms with E-state index < -0.39 is 10.0 Å². The van der Waals surface area contributed by atoms with Crippen molar-refractivity contribution in [1.29, 1.82) is 0 Å². The highest BCUT2D eigenvalue weighted by molar-refractivity contribution is 7.92. The Balaban J connectivity index is 2.72. The van der Waals surface area contributed by atoms with Crippen molar-refractivity contribution in [2.24, 2.45) is 16.8 Å². The standard InChI is InChI=1S/C12H19N3O3S/c1-9(2)8-19(17,18)15-11-5-3-10(4-6-11)7-12(13)14-16/h3-6,9,15-16H,7-8H2,1-2H3,(H2,13,14). The average Bonchev–Trinajstić information content (AvgIpc) is 2.29. The van der Waals surface area contributed by atoms with Gasteiger partial charge in [-0.2, -0.15) is 0 Å². The highest BCUT2D eigenvalue weighted by atomic mass is 32.2. The van der Waals surface area contributed by atoms with Crippen molar-refractivity contribution in [3.8, 4) is 0 Å². The summed E-state index contributed by atoms with van der Waals surface area (Å²) in [6, 6.07) is 6.76. The first kappa shape index (κ1) is 15.3. The molecule has 0 aliphatic carbocycles. The Morgan fingerprint density at radius 2 is 1.95 bits per heavy atom. The summed E-state index contributed by atoms with van der Waals surface area (Å²) >= 11 is 0. The molecule has 0 heterocycles. The number of oxime groups is 1. The summed E-state index contributed by atoms with van der Waals surface area (Å²) in [6.07, 6.45) is 0.315. The van der Waals surface area contributed by atoms with E-state index in [1.165, 1.54) is 0 Å². The van der Waals surface area contributed by atoms with Crippen LogP contribution in [0.4, 0.5) is 5.69 Å². The molecule has 0 aromatic heterocycles. The molecular weight excluding hydrogens is 266 g/mol. The second kappa shape index (κ2) is 6.42. The number of hydrogen-bond donors (Lipinski definition) is 3. The quantitative estimate of drug-likeness (QED) is 0.318. The number of nitrogens with zero attached hydrogens (tertiary/aromatic N) is 1. The second-order valence-corrected chi connectivity index (χ2v) is 6.51. The average molecular weight is 285 g/mol. The van der Waals surface area contributed by atoms with Crippen LogP contribution in [0.3, 0.4) is 0 Å². The van der Waals surface area contributed by atoms with E-state index in [9.17, 15) is 8.42 Å². The van der Waals surface area contributed by atoms with Gasteiger partial charge in [-0.15, -0.1) is 0 Å². The fourth-order valence-corrected chi connectivity index (χ4v) is 3.05. The van der Waals surface area contributed by atoms with Crippen LogP contribution in [0.5, 0.6) is 0 Å². The van der Waals surface area contributed by atoms with E-state index >= 15 is 0 Å². The monoisotopic (exact) mass is 285 g/mol. The van der Waals surface area contributed by atoms with E-state index in [2.05, 4.69) is 9.88 Å². The van der Waals surface area contributed by atoms with E-state index in [1.807, 2.05) is 13.8 Å². The number of nitrogens with one attached hydrogen (secondary N) is 1. The van der Waals surface area contributed by atoms with Crippen molar-refractivity contribution in [2.75, 3.05) is 10.5 Å². The predicted molar refractivity (Wildman–Crippen MR) is 75.8 cm³/mol. The lowest BCUT2D eigenvalue weighted by molar-refractivity contribution is 0.317. The minimum absolute atomic E-state index is 0.0670. The summed E-state index contributed by atoms with van der Waals surface area (Å²) in [7, 11) is -3.31. The molecule has 0 amide bonds. The summed E-state index contributed by atoms with van der Waals surface area (Å²) in [5, 5.41) is 11.3. The van der Waals surface area contributed by atoms with Crippen molar-refractivity contribution in [3.63, 3.8) is 0 Å². The molecule has 0 spiro atoms. The summed E-state index contributed by atoms with van der Waals surface area (Å²) < 4.78 is 26.0. The molecule has 1 rings (SSSR count). The van der Waals surface area contributed by atoms with Crippen LogP contribution in [0.15, 0.2) is 29.4 Å². The number of amidine groups is 1. The minimum Gasteiger partial charge on any atom is -0.409 e. The molecule has 0 aliphatic heterocycles. The number of nitrogens with two attached hydrogens (primary N) is 1. The smallest absolute Gasteiger partial charge is 0.232 e. The van der Waals surface area contributed by atoms with E-state index in [1.54, 1.807) is 24.3 Å². The zero-order valence-corrected chi connectivity index (χ0v) is 11.8. The van der Waals surface area contributed by atoms with Crippen LogP contribution in [0, 0.1) is 5.92 Å². The van der Waals surface area contributed by atoms with Gasteiger partial charge in [0, 0.05) is 12.1 Å². The van der Waals surface area contributed by atoms with Gasteiger partial charge in [0.1, 0.15) is 5.84 Å². The minimum atomic E-state index is -3.31. The van der Waals surface area contributed by atoms with Crippen molar-refractivity contribution in [1.82, 2.24) is 0 Å². The lowest BCUT2D eigenvalue weighted by Gasteiger charge is -2.10. The van der Waals surface area contributed by atoms with Crippen LogP contribution in [0.1, 0.15) is 19.4 Å². The van der Waals surface area contributed by atoms with Gasteiger partial charge < -0.3 is 10.9 Å². The summed E-state index contributed by atoms with van der Waals surface area (Å²) in [5.41, 5.74) is 6.73. The lowest BCUT2D eigenvalue weighted by atomic mass is 10.1. The van der Waals surface area contributed by atoms with Gasteiger partial charge in [-0.05, 0) is 23.6 Å². The molecule has 0 saturated heterocycles. The van der Waals surface area contributed by atoms with E-state index in [4.69, 9.17) is 10.9 Å². The Hall–Kier alpha value is -1.76. The highest BCUT2D eigenvalue weighted by Gasteiger charge is 2.12. The highest BCUT2D eigenvalue weighted by Crippen LogP contribution is 2.13. The van der Waals surface area contributed by atoms with Crippen molar-refractivity contribution in [3.05, 3.63) is 29.8 Å². The molecule has 0 aliphatic rings. The van der Waals surface area contributed by atoms with Crippen molar-refractivity contribution in [2.45, 2.75) is 20.3 Å². The molecule has 0 saturated carbocycles. The molecule has 0 fully saturated rings. The summed E-state index contributed by atoms with van der Waals surface area (Å²) in [5.74, 6) is 0.254. The van der Waals surface area contributed by atoms with Gasteiger partial charge in [-0.25, -0.2) is 8.42 Å². The first-order valence-corrected chi connectivity index (χ1v) is 7.53. The molecule has 1 aromatic carbocycles. The molecular formula is C12H19N3O3S. The van der Waals surface area contributed by atoms with Gasteiger partial charge in [0.2, 0.25) is 10.0 Å². The fourth-order valence-electron chi connectivity index (χ4n) is 1.60. The third-order valence-corrected chi connectivity index (χ3v) is 3.95. The molecule has 6 nitrogen and oxygen atoms in total. The van der Waals surface area contributed by atoms with Crippen LogP contribution in [0.25, 0.3) is 0 Å². The first-order chi connectivity index (χ1) is 8.82. The molecule has 106 valence electrons. The predicted octanol–water partition coefficient (Wildman–Crippen LogP) is 1.37. The maximum Gasteiger partial charge on any atom is 0.232 e. The van der Waals surface area contributed by atoms with E-state index in [0.717, 1.165) is 5.56 Å². The Bertz CT molecular complexity index is 536. The third-order valence-electron chi connectivity index (χ3n) is 2.29. The van der Waals surface area contributed by atoms with Crippen LogP contribution in [0.2, 0.25) is 0 Å². The van der Waals surface area contributed by atoms with E-state index in [-0.39, 0.29) is 17.5 Å². The molecule has 1 aromatic rings. The van der Waals surface area contributed by atoms with Crippen molar-refractivity contribution < 1.29 is 13.6 Å². The van der Waals surface area contributed by atoms with E-state index in [0.29, 0.717) is 12.1 Å². The molecule has 0 bridgehead atoms.